The standard InChI is InChI=1S/C36H34FN5O3/c1-40(2)21-10-20-38-35(43)34(29-24-41(30-14-7-6-13-28(29)30)23-25-16-18-27(37)19-17-25)45-36(44)33-32(26-11-4-3-5-12-26)39-31-15-8-9-22-42(31)33/h3-9,11-19,22,24,34H,10,20-21,23H2,1-2H3,(H,38,43). The average Bonchev–Trinajstić information content (AvgIpc) is 3.62. The highest BCUT2D eigenvalue weighted by Gasteiger charge is 2.32. The number of nitrogens with zero attached hydrogens (tertiary/aromatic N) is 4. The number of carbonyl (C=O) groups is 2. The maximum absolute atomic E-state index is 14.2. The molecule has 8 nitrogen and oxygen atoms in total. The SMILES string of the molecule is CN(C)CCCNC(=O)C(OC(=O)c1c(-c2ccccc2)nc2ccccn12)c1cn(Cc2ccc(F)cc2)c2ccccc12. The molecule has 0 saturated carbocycles. The van der Waals surface area contributed by atoms with Gasteiger partial charge in [0, 0.05) is 47.5 Å². The van der Waals surface area contributed by atoms with Crippen molar-refractivity contribution in [3.05, 3.63) is 132 Å². The number of esters is 1. The average molecular weight is 604 g/mol. The van der Waals surface area contributed by atoms with Crippen LogP contribution in [0, 0.1) is 5.82 Å². The fourth-order valence-corrected chi connectivity index (χ4v) is 5.51. The van der Waals surface area contributed by atoms with Crippen LogP contribution in [0.1, 0.15) is 34.1 Å². The lowest BCUT2D eigenvalue weighted by atomic mass is 10.1. The molecule has 45 heavy (non-hydrogen) atoms. The van der Waals surface area contributed by atoms with Crippen molar-refractivity contribution < 1.29 is 18.7 Å². The Morgan fingerprint density at radius 1 is 0.933 bits per heavy atom. The van der Waals surface area contributed by atoms with Crippen molar-refractivity contribution >= 4 is 28.4 Å². The lowest BCUT2D eigenvalue weighted by molar-refractivity contribution is -0.130. The summed E-state index contributed by atoms with van der Waals surface area (Å²) >= 11 is 0. The van der Waals surface area contributed by atoms with Crippen molar-refractivity contribution in [2.75, 3.05) is 27.2 Å². The molecule has 0 fully saturated rings. The normalized spacial score (nSPS) is 12.1. The Morgan fingerprint density at radius 2 is 1.67 bits per heavy atom. The summed E-state index contributed by atoms with van der Waals surface area (Å²) in [7, 11) is 3.95. The van der Waals surface area contributed by atoms with Crippen molar-refractivity contribution in [2.24, 2.45) is 0 Å². The van der Waals surface area contributed by atoms with Crippen LogP contribution < -0.4 is 5.32 Å². The van der Waals surface area contributed by atoms with Gasteiger partial charge < -0.3 is 19.5 Å². The Labute approximate surface area is 260 Å². The number of rotatable bonds is 11. The molecular formula is C36H34FN5O3. The van der Waals surface area contributed by atoms with Gasteiger partial charge in [-0.1, -0.05) is 66.7 Å². The Kier molecular flexibility index (Phi) is 8.70. The van der Waals surface area contributed by atoms with Crippen LogP contribution in [0.3, 0.4) is 0 Å². The zero-order valence-electron chi connectivity index (χ0n) is 25.2. The third-order valence-electron chi connectivity index (χ3n) is 7.68. The zero-order valence-corrected chi connectivity index (χ0v) is 25.2. The van der Waals surface area contributed by atoms with Crippen LogP contribution >= 0.6 is 0 Å². The Balaban J connectivity index is 1.40. The summed E-state index contributed by atoms with van der Waals surface area (Å²) in [4.78, 5) is 34.8. The van der Waals surface area contributed by atoms with Gasteiger partial charge in [-0.2, -0.15) is 0 Å². The fraction of sp³-hybridized carbons (Fsp3) is 0.194. The van der Waals surface area contributed by atoms with Crippen molar-refractivity contribution in [2.45, 2.75) is 19.1 Å². The quantitative estimate of drug-likeness (QED) is 0.143. The van der Waals surface area contributed by atoms with Crippen molar-refractivity contribution in [3.63, 3.8) is 0 Å². The predicted molar refractivity (Wildman–Crippen MR) is 172 cm³/mol. The summed E-state index contributed by atoms with van der Waals surface area (Å²) in [5, 5.41) is 3.76. The number of imidazole rings is 1. The molecule has 6 rings (SSSR count). The topological polar surface area (TPSA) is 80.9 Å². The third kappa shape index (κ3) is 6.49. The van der Waals surface area contributed by atoms with Gasteiger partial charge in [-0.25, -0.2) is 14.2 Å². The van der Waals surface area contributed by atoms with Gasteiger partial charge in [0.25, 0.3) is 5.91 Å². The fourth-order valence-electron chi connectivity index (χ4n) is 5.51. The highest BCUT2D eigenvalue weighted by atomic mass is 19.1. The second kappa shape index (κ2) is 13.2. The third-order valence-corrected chi connectivity index (χ3v) is 7.68. The number of amides is 1. The summed E-state index contributed by atoms with van der Waals surface area (Å²) in [6.07, 6.45) is 3.10. The van der Waals surface area contributed by atoms with E-state index in [1.54, 1.807) is 22.7 Å². The summed E-state index contributed by atoms with van der Waals surface area (Å²) in [5.74, 6) is -1.39. The van der Waals surface area contributed by atoms with E-state index < -0.39 is 18.0 Å². The highest BCUT2D eigenvalue weighted by molar-refractivity contribution is 5.99. The van der Waals surface area contributed by atoms with E-state index >= 15 is 0 Å². The van der Waals surface area contributed by atoms with Crippen LogP contribution in [0.2, 0.25) is 0 Å². The van der Waals surface area contributed by atoms with Crippen LogP contribution in [0.4, 0.5) is 4.39 Å². The summed E-state index contributed by atoms with van der Waals surface area (Å²) in [6, 6.07) is 28.9. The van der Waals surface area contributed by atoms with Gasteiger partial charge in [-0.15, -0.1) is 0 Å². The first-order chi connectivity index (χ1) is 21.9. The van der Waals surface area contributed by atoms with E-state index in [9.17, 15) is 14.0 Å². The van der Waals surface area contributed by atoms with Crippen molar-refractivity contribution in [1.29, 1.82) is 0 Å². The molecule has 3 heterocycles. The second-order valence-electron chi connectivity index (χ2n) is 11.2. The van der Waals surface area contributed by atoms with Gasteiger partial charge in [0.1, 0.15) is 17.2 Å². The number of para-hydroxylation sites is 1. The van der Waals surface area contributed by atoms with E-state index in [0.29, 0.717) is 30.0 Å². The van der Waals surface area contributed by atoms with E-state index in [4.69, 9.17) is 9.72 Å². The molecule has 0 radical (unpaired) electrons. The van der Waals surface area contributed by atoms with Gasteiger partial charge in [0.15, 0.2) is 5.69 Å². The summed E-state index contributed by atoms with van der Waals surface area (Å²) in [5.41, 5.74) is 4.36. The monoisotopic (exact) mass is 603 g/mol. The number of benzene rings is 3. The van der Waals surface area contributed by atoms with E-state index in [2.05, 4.69) is 5.32 Å². The maximum atomic E-state index is 14.2. The molecule has 1 amide bonds. The highest BCUT2D eigenvalue weighted by Crippen LogP contribution is 2.32. The molecule has 0 spiro atoms. The minimum atomic E-state index is -1.24. The molecule has 0 bridgehead atoms. The zero-order chi connectivity index (χ0) is 31.3. The molecule has 1 unspecified atom stereocenters. The smallest absolute Gasteiger partial charge is 0.358 e. The van der Waals surface area contributed by atoms with Gasteiger partial charge in [0.05, 0.1) is 0 Å². The number of nitrogens with one attached hydrogen (secondary N) is 1. The summed E-state index contributed by atoms with van der Waals surface area (Å²) in [6.45, 7) is 1.66. The molecule has 1 N–H and O–H groups in total. The number of hydrogen-bond acceptors (Lipinski definition) is 5. The number of pyridine rings is 1. The molecule has 3 aromatic carbocycles. The Hall–Kier alpha value is -5.28. The van der Waals surface area contributed by atoms with Crippen LogP contribution in [-0.2, 0) is 16.1 Å². The summed E-state index contributed by atoms with van der Waals surface area (Å²) < 4.78 is 23.5. The molecule has 0 aliphatic rings. The molecule has 0 saturated heterocycles. The van der Waals surface area contributed by atoms with E-state index in [0.717, 1.165) is 35.0 Å². The number of hydrogen-bond donors (Lipinski definition) is 1. The minimum absolute atomic E-state index is 0.234. The molecular weight excluding hydrogens is 569 g/mol. The van der Waals surface area contributed by atoms with Crippen LogP contribution in [0.25, 0.3) is 27.8 Å². The van der Waals surface area contributed by atoms with E-state index in [-0.39, 0.29) is 11.5 Å². The number of aromatic nitrogens is 3. The molecule has 6 aromatic rings. The molecule has 0 aliphatic carbocycles. The second-order valence-corrected chi connectivity index (χ2v) is 11.2. The largest absolute Gasteiger partial charge is 0.442 e. The first kappa shape index (κ1) is 29.8. The minimum Gasteiger partial charge on any atom is -0.442 e. The molecule has 228 valence electrons. The Morgan fingerprint density at radius 3 is 2.44 bits per heavy atom. The number of ether oxygens (including phenoxy) is 1. The molecule has 9 heteroatoms. The van der Waals surface area contributed by atoms with Crippen molar-refractivity contribution in [3.8, 4) is 11.3 Å². The number of fused-ring (bicyclic) bond motifs is 2. The van der Waals surface area contributed by atoms with Crippen LogP contribution in [0.15, 0.2) is 109 Å². The van der Waals surface area contributed by atoms with E-state index in [1.165, 1.54) is 12.1 Å². The first-order valence-electron chi connectivity index (χ1n) is 14.9. The predicted octanol–water partition coefficient (Wildman–Crippen LogP) is 6.11. The molecule has 3 aromatic heterocycles. The van der Waals surface area contributed by atoms with Crippen LogP contribution in [-0.4, -0.2) is 57.9 Å². The van der Waals surface area contributed by atoms with Crippen molar-refractivity contribution in [1.82, 2.24) is 24.2 Å². The van der Waals surface area contributed by atoms with E-state index in [1.807, 2.05) is 103 Å². The van der Waals surface area contributed by atoms with Gasteiger partial charge >= 0.3 is 5.97 Å². The van der Waals surface area contributed by atoms with Crippen LogP contribution in [0.5, 0.6) is 0 Å². The van der Waals surface area contributed by atoms with Gasteiger partial charge in [-0.05, 0) is 63.0 Å². The Bertz CT molecular complexity index is 1950. The lowest BCUT2D eigenvalue weighted by Crippen LogP contribution is -2.34. The number of carbonyl (C=O) groups excluding carboxylic acids is 2. The number of halogens is 1. The lowest BCUT2D eigenvalue weighted by Gasteiger charge is -2.18. The van der Waals surface area contributed by atoms with Gasteiger partial charge in [0.2, 0.25) is 6.10 Å². The first-order valence-corrected chi connectivity index (χ1v) is 14.9. The molecule has 0 aliphatic heterocycles. The van der Waals surface area contributed by atoms with Gasteiger partial charge in [-0.3, -0.25) is 9.20 Å². The molecule has 1 atom stereocenters. The maximum Gasteiger partial charge on any atom is 0.358 e.